The van der Waals surface area contributed by atoms with Crippen molar-refractivity contribution in [2.45, 2.75) is 45.4 Å². The fourth-order valence-electron chi connectivity index (χ4n) is 2.49. The summed E-state index contributed by atoms with van der Waals surface area (Å²) in [5, 5.41) is 0.479. The molecule has 24 heavy (non-hydrogen) atoms. The standard InChI is InChI=1S/C18H20Cl2O4/c1-12-5-2-3-6-13(12)11-23-16(21)9-10-17(22)24-15-8-4-7-14(19)18(15)20/h4,7-8H,2-3,5-6,9-11H2,1H3. The largest absolute Gasteiger partial charge is 0.461 e. The van der Waals surface area contributed by atoms with Crippen LogP contribution in [0.15, 0.2) is 29.3 Å². The first-order valence-corrected chi connectivity index (χ1v) is 8.70. The predicted octanol–water partition coefficient (Wildman–Crippen LogP) is 5.11. The maximum absolute atomic E-state index is 11.8. The van der Waals surface area contributed by atoms with Crippen molar-refractivity contribution in [3.63, 3.8) is 0 Å². The van der Waals surface area contributed by atoms with Crippen LogP contribution in [0.25, 0.3) is 0 Å². The fourth-order valence-corrected chi connectivity index (χ4v) is 2.82. The molecule has 0 N–H and O–H groups in total. The van der Waals surface area contributed by atoms with Gasteiger partial charge < -0.3 is 9.47 Å². The summed E-state index contributed by atoms with van der Waals surface area (Å²) in [6.07, 6.45) is 4.29. The van der Waals surface area contributed by atoms with Crippen LogP contribution in [0.5, 0.6) is 5.75 Å². The number of hydrogen-bond donors (Lipinski definition) is 0. The SMILES string of the molecule is CC1=C(COC(=O)CCC(=O)Oc2cccc(Cl)c2Cl)CCCC1. The molecule has 2 rings (SSSR count). The molecule has 0 bridgehead atoms. The number of carbonyl (C=O) groups is 2. The molecule has 0 aromatic heterocycles. The molecule has 4 nitrogen and oxygen atoms in total. The van der Waals surface area contributed by atoms with E-state index in [1.165, 1.54) is 17.6 Å². The number of benzene rings is 1. The number of allylic oxidation sites excluding steroid dienone is 1. The summed E-state index contributed by atoms with van der Waals surface area (Å²) in [5.74, 6) is -0.773. The zero-order valence-electron chi connectivity index (χ0n) is 13.6. The number of halogens is 2. The Kier molecular flexibility index (Phi) is 7.13. The van der Waals surface area contributed by atoms with E-state index in [0.717, 1.165) is 19.3 Å². The summed E-state index contributed by atoms with van der Waals surface area (Å²) >= 11 is 11.8. The van der Waals surface area contributed by atoms with E-state index < -0.39 is 11.9 Å². The molecular formula is C18H20Cl2O4. The zero-order chi connectivity index (χ0) is 17.5. The highest BCUT2D eigenvalue weighted by atomic mass is 35.5. The van der Waals surface area contributed by atoms with Crippen molar-refractivity contribution >= 4 is 35.1 Å². The van der Waals surface area contributed by atoms with E-state index in [1.807, 2.05) is 0 Å². The molecule has 1 aromatic rings. The van der Waals surface area contributed by atoms with Crippen molar-refractivity contribution in [1.82, 2.24) is 0 Å². The van der Waals surface area contributed by atoms with Gasteiger partial charge in [-0.1, -0.05) is 34.8 Å². The van der Waals surface area contributed by atoms with Gasteiger partial charge in [0.15, 0.2) is 5.75 Å². The highest BCUT2D eigenvalue weighted by Crippen LogP contribution is 2.31. The van der Waals surface area contributed by atoms with Gasteiger partial charge in [-0.25, -0.2) is 0 Å². The van der Waals surface area contributed by atoms with Gasteiger partial charge >= 0.3 is 11.9 Å². The molecule has 0 saturated carbocycles. The van der Waals surface area contributed by atoms with Crippen molar-refractivity contribution in [1.29, 1.82) is 0 Å². The summed E-state index contributed by atoms with van der Waals surface area (Å²) in [6.45, 7) is 2.40. The van der Waals surface area contributed by atoms with Gasteiger partial charge in [-0.05, 0) is 50.3 Å². The second-order valence-electron chi connectivity index (χ2n) is 5.78. The molecule has 0 heterocycles. The van der Waals surface area contributed by atoms with E-state index in [4.69, 9.17) is 32.7 Å². The van der Waals surface area contributed by atoms with Crippen LogP contribution in [0.4, 0.5) is 0 Å². The first-order valence-electron chi connectivity index (χ1n) is 7.95. The van der Waals surface area contributed by atoms with E-state index in [-0.39, 0.29) is 23.6 Å². The Morgan fingerprint density at radius 3 is 2.54 bits per heavy atom. The highest BCUT2D eigenvalue weighted by Gasteiger charge is 2.15. The molecule has 0 aliphatic heterocycles. The average molecular weight is 371 g/mol. The van der Waals surface area contributed by atoms with E-state index >= 15 is 0 Å². The quantitative estimate of drug-likeness (QED) is 0.396. The second-order valence-corrected chi connectivity index (χ2v) is 6.56. The van der Waals surface area contributed by atoms with Crippen molar-refractivity contribution < 1.29 is 19.1 Å². The lowest BCUT2D eigenvalue weighted by Gasteiger charge is -2.17. The lowest BCUT2D eigenvalue weighted by molar-refractivity contribution is -0.146. The molecule has 1 aliphatic rings. The zero-order valence-corrected chi connectivity index (χ0v) is 15.1. The molecule has 0 saturated heterocycles. The van der Waals surface area contributed by atoms with Gasteiger partial charge in [-0.3, -0.25) is 9.59 Å². The fraction of sp³-hybridized carbons (Fsp3) is 0.444. The van der Waals surface area contributed by atoms with Crippen LogP contribution in [0, 0.1) is 0 Å². The molecule has 0 fully saturated rings. The first-order chi connectivity index (χ1) is 11.5. The predicted molar refractivity (Wildman–Crippen MR) is 93.5 cm³/mol. The molecule has 0 spiro atoms. The van der Waals surface area contributed by atoms with Gasteiger partial charge in [0.1, 0.15) is 11.6 Å². The van der Waals surface area contributed by atoms with Gasteiger partial charge in [0.05, 0.1) is 17.9 Å². The van der Waals surface area contributed by atoms with Crippen LogP contribution in [-0.2, 0) is 14.3 Å². The van der Waals surface area contributed by atoms with Crippen LogP contribution in [0.2, 0.25) is 10.0 Å². The molecule has 0 atom stereocenters. The van der Waals surface area contributed by atoms with E-state index in [0.29, 0.717) is 11.6 Å². The van der Waals surface area contributed by atoms with Crippen LogP contribution >= 0.6 is 23.2 Å². The molecule has 1 aliphatic carbocycles. The number of ether oxygens (including phenoxy) is 2. The number of rotatable bonds is 6. The van der Waals surface area contributed by atoms with Crippen molar-refractivity contribution in [2.75, 3.05) is 6.61 Å². The minimum atomic E-state index is -0.552. The summed E-state index contributed by atoms with van der Waals surface area (Å²) in [6, 6.07) is 4.77. The van der Waals surface area contributed by atoms with Crippen molar-refractivity contribution in [3.8, 4) is 5.75 Å². The van der Waals surface area contributed by atoms with Gasteiger partial charge in [0.2, 0.25) is 0 Å². The minimum Gasteiger partial charge on any atom is -0.461 e. The Hall–Kier alpha value is -1.52. The molecule has 0 radical (unpaired) electrons. The summed E-state index contributed by atoms with van der Waals surface area (Å²) in [4.78, 5) is 23.6. The van der Waals surface area contributed by atoms with Crippen molar-refractivity contribution in [3.05, 3.63) is 39.4 Å². The minimum absolute atomic E-state index is 0.0245. The number of esters is 2. The van der Waals surface area contributed by atoms with Crippen LogP contribution < -0.4 is 4.74 Å². The average Bonchev–Trinajstić information content (AvgIpc) is 2.56. The highest BCUT2D eigenvalue weighted by molar-refractivity contribution is 6.43. The van der Waals surface area contributed by atoms with Gasteiger partial charge in [-0.2, -0.15) is 0 Å². The topological polar surface area (TPSA) is 52.6 Å². The number of hydrogen-bond acceptors (Lipinski definition) is 4. The Balaban J connectivity index is 1.75. The summed E-state index contributed by atoms with van der Waals surface area (Å²) < 4.78 is 10.4. The number of carbonyl (C=O) groups excluding carboxylic acids is 2. The summed E-state index contributed by atoms with van der Waals surface area (Å²) in [7, 11) is 0. The van der Waals surface area contributed by atoms with E-state index in [2.05, 4.69) is 6.92 Å². The van der Waals surface area contributed by atoms with Gasteiger partial charge in [-0.15, -0.1) is 0 Å². The lowest BCUT2D eigenvalue weighted by Crippen LogP contribution is -2.14. The van der Waals surface area contributed by atoms with Crippen LogP contribution in [0.1, 0.15) is 45.4 Å². The van der Waals surface area contributed by atoms with Gasteiger partial charge in [0, 0.05) is 0 Å². The monoisotopic (exact) mass is 370 g/mol. The Labute approximate surface area is 151 Å². The second kappa shape index (κ2) is 9.09. The maximum Gasteiger partial charge on any atom is 0.311 e. The van der Waals surface area contributed by atoms with E-state index in [1.54, 1.807) is 18.2 Å². The lowest BCUT2D eigenvalue weighted by atomic mass is 9.93. The smallest absolute Gasteiger partial charge is 0.311 e. The third-order valence-electron chi connectivity index (χ3n) is 3.96. The normalized spacial score (nSPS) is 14.5. The molecule has 130 valence electrons. The molecule has 0 unspecified atom stereocenters. The summed E-state index contributed by atoms with van der Waals surface area (Å²) in [5.41, 5.74) is 2.51. The van der Waals surface area contributed by atoms with E-state index in [9.17, 15) is 9.59 Å². The molecule has 0 amide bonds. The first kappa shape index (κ1) is 18.8. The Bertz CT molecular complexity index is 652. The Morgan fingerprint density at radius 1 is 1.08 bits per heavy atom. The third-order valence-corrected chi connectivity index (χ3v) is 4.77. The van der Waals surface area contributed by atoms with Gasteiger partial charge in [0.25, 0.3) is 0 Å². The van der Waals surface area contributed by atoms with Crippen molar-refractivity contribution in [2.24, 2.45) is 0 Å². The molecular weight excluding hydrogens is 351 g/mol. The Morgan fingerprint density at radius 2 is 1.79 bits per heavy atom. The molecule has 1 aromatic carbocycles. The maximum atomic E-state index is 11.8. The molecule has 6 heteroatoms. The van der Waals surface area contributed by atoms with Crippen LogP contribution in [0.3, 0.4) is 0 Å². The van der Waals surface area contributed by atoms with Crippen LogP contribution in [-0.4, -0.2) is 18.5 Å². The third kappa shape index (κ3) is 5.53.